The van der Waals surface area contributed by atoms with Gasteiger partial charge in [0.15, 0.2) is 0 Å². The summed E-state index contributed by atoms with van der Waals surface area (Å²) in [5.74, 6) is 0. The van der Waals surface area contributed by atoms with Gasteiger partial charge in [0.25, 0.3) is 0 Å². The largest absolute Gasteiger partial charge is 0.311 e. The highest BCUT2D eigenvalue weighted by Gasteiger charge is 2.20. The first-order valence-electron chi connectivity index (χ1n) is 23.1. The third kappa shape index (κ3) is 8.81. The van der Waals surface area contributed by atoms with Crippen LogP contribution in [-0.4, -0.2) is 0 Å². The zero-order valence-electron chi connectivity index (χ0n) is 37.5. The van der Waals surface area contributed by atoms with Gasteiger partial charge < -0.3 is 9.80 Å². The Morgan fingerprint density at radius 1 is 0.221 bits per heavy atom. The van der Waals surface area contributed by atoms with E-state index in [1.165, 1.54) is 33.4 Å². The SMILES string of the molecule is c1ccc(-c2ccc(N(c3ccc(-c4ccccc4)cc3)c3ccc(-c4ccc(N(c5ccc(-c6ccccc6)cc5)c5ccc(-c6ccccc6)cc5)cc4)cc3)c(-c3ccccc3)c2)cc#1. The maximum atomic E-state index is 3.14. The second-order valence-corrected chi connectivity index (χ2v) is 16.8. The summed E-state index contributed by atoms with van der Waals surface area (Å²) in [5.41, 5.74) is 20.4. The van der Waals surface area contributed by atoms with Crippen LogP contribution in [0.25, 0.3) is 66.8 Å². The molecule has 11 aromatic carbocycles. The summed E-state index contributed by atoms with van der Waals surface area (Å²) in [4.78, 5) is 4.71. The van der Waals surface area contributed by atoms with Gasteiger partial charge in [-0.2, -0.15) is 0 Å². The van der Waals surface area contributed by atoms with E-state index >= 15 is 0 Å². The molecule has 68 heavy (non-hydrogen) atoms. The first-order valence-corrected chi connectivity index (χ1v) is 23.1. The highest BCUT2D eigenvalue weighted by atomic mass is 15.1. The second-order valence-electron chi connectivity index (χ2n) is 16.8. The third-order valence-electron chi connectivity index (χ3n) is 12.6. The molecule has 0 aromatic heterocycles. The Labute approximate surface area is 400 Å². The lowest BCUT2D eigenvalue weighted by molar-refractivity contribution is 1.28. The molecule has 0 N–H and O–H groups in total. The Hall–Kier alpha value is -9.16. The number of rotatable bonds is 12. The van der Waals surface area contributed by atoms with Crippen LogP contribution >= 0.6 is 0 Å². The molecule has 11 aromatic rings. The molecule has 0 radical (unpaired) electrons. The van der Waals surface area contributed by atoms with E-state index in [1.807, 2.05) is 12.1 Å². The highest BCUT2D eigenvalue weighted by molar-refractivity contribution is 5.91. The Kier molecular flexibility index (Phi) is 11.7. The number of benzene rings is 10. The van der Waals surface area contributed by atoms with Gasteiger partial charge in [-0.05, 0) is 152 Å². The summed E-state index contributed by atoms with van der Waals surface area (Å²) in [5, 5.41) is 0. The van der Waals surface area contributed by atoms with Crippen molar-refractivity contribution in [1.82, 2.24) is 0 Å². The molecule has 0 atom stereocenters. The minimum absolute atomic E-state index is 1.06. The van der Waals surface area contributed by atoms with Crippen LogP contribution in [0.5, 0.6) is 0 Å². The smallest absolute Gasteiger partial charge is 0.0540 e. The zero-order chi connectivity index (χ0) is 45.5. The van der Waals surface area contributed by atoms with E-state index in [1.54, 1.807) is 0 Å². The molecule has 0 fully saturated rings. The van der Waals surface area contributed by atoms with Crippen LogP contribution in [0.1, 0.15) is 0 Å². The van der Waals surface area contributed by atoms with Crippen molar-refractivity contribution >= 4 is 34.1 Å². The van der Waals surface area contributed by atoms with E-state index in [9.17, 15) is 0 Å². The monoisotopic (exact) mass is 866 g/mol. The van der Waals surface area contributed by atoms with Crippen LogP contribution in [0.3, 0.4) is 0 Å². The molecule has 11 rings (SSSR count). The van der Waals surface area contributed by atoms with Gasteiger partial charge >= 0.3 is 0 Å². The van der Waals surface area contributed by atoms with Gasteiger partial charge in [0.05, 0.1) is 5.69 Å². The first-order chi connectivity index (χ1) is 33.7. The Morgan fingerprint density at radius 2 is 0.529 bits per heavy atom. The summed E-state index contributed by atoms with van der Waals surface area (Å²) < 4.78 is 0. The molecule has 0 amide bonds. The predicted molar refractivity (Wildman–Crippen MR) is 286 cm³/mol. The van der Waals surface area contributed by atoms with E-state index < -0.39 is 0 Å². The van der Waals surface area contributed by atoms with Crippen molar-refractivity contribution in [2.75, 3.05) is 9.80 Å². The van der Waals surface area contributed by atoms with Crippen molar-refractivity contribution in [3.63, 3.8) is 0 Å². The van der Waals surface area contributed by atoms with Crippen molar-refractivity contribution in [3.8, 4) is 66.8 Å². The molecule has 0 spiro atoms. The highest BCUT2D eigenvalue weighted by Crippen LogP contribution is 2.44. The molecule has 0 heterocycles. The molecular weight excluding hydrogens is 821 g/mol. The second kappa shape index (κ2) is 19.1. The molecule has 0 unspecified atom stereocenters. The van der Waals surface area contributed by atoms with E-state index in [0.29, 0.717) is 0 Å². The normalized spacial score (nSPS) is 10.8. The van der Waals surface area contributed by atoms with Crippen LogP contribution in [0.2, 0.25) is 0 Å². The van der Waals surface area contributed by atoms with Crippen molar-refractivity contribution in [1.29, 1.82) is 0 Å². The van der Waals surface area contributed by atoms with Gasteiger partial charge in [-0.15, -0.1) is 0 Å². The van der Waals surface area contributed by atoms with Gasteiger partial charge in [-0.25, -0.2) is 0 Å². The molecule has 320 valence electrons. The van der Waals surface area contributed by atoms with Gasteiger partial charge in [-0.3, -0.25) is 0 Å². The molecule has 2 nitrogen and oxygen atoms in total. The minimum Gasteiger partial charge on any atom is -0.311 e. The first kappa shape index (κ1) is 41.5. The molecule has 0 aliphatic rings. The minimum atomic E-state index is 1.06. The summed E-state index contributed by atoms with van der Waals surface area (Å²) in [6.07, 6.45) is 0. The number of nitrogens with zero attached hydrogens (tertiary/aromatic N) is 2. The lowest BCUT2D eigenvalue weighted by Gasteiger charge is -2.29. The fourth-order valence-electron chi connectivity index (χ4n) is 9.07. The topological polar surface area (TPSA) is 6.48 Å². The van der Waals surface area contributed by atoms with E-state index in [-0.39, 0.29) is 0 Å². The van der Waals surface area contributed by atoms with Crippen LogP contribution in [-0.2, 0) is 0 Å². The Balaban J connectivity index is 0.951. The van der Waals surface area contributed by atoms with Gasteiger partial charge in [0.1, 0.15) is 0 Å². The molecule has 2 heteroatoms. The van der Waals surface area contributed by atoms with Crippen molar-refractivity contribution in [3.05, 3.63) is 291 Å². The average molecular weight is 867 g/mol. The van der Waals surface area contributed by atoms with E-state index in [2.05, 4.69) is 289 Å². The number of anilines is 6. The third-order valence-corrected chi connectivity index (χ3v) is 12.6. The summed E-state index contributed by atoms with van der Waals surface area (Å²) in [7, 11) is 0. The lowest BCUT2D eigenvalue weighted by atomic mass is 9.96. The molecule has 0 aliphatic carbocycles. The van der Waals surface area contributed by atoms with Gasteiger partial charge in [-0.1, -0.05) is 200 Å². The molecule has 0 aliphatic heterocycles. The van der Waals surface area contributed by atoms with Crippen LogP contribution in [0, 0.1) is 12.1 Å². The molecular formula is C66H46N2. The standard InChI is InChI=1S/C66H46N2/c1-6-16-49(17-7-1)53-26-37-60(38-27-53)67(61-39-28-54(29-40-61)50-18-8-2-9-19-50)62-41-30-56(31-42-62)57-34-45-64(46-35-57)68(63-43-32-55(33-44-63)51-20-10-3-11-21-51)66-47-36-59(52-22-12-4-13-23-52)48-65(66)58-24-14-5-15-25-58/h1-3,5-12,14-48H. The van der Waals surface area contributed by atoms with Crippen LogP contribution in [0.4, 0.5) is 34.1 Å². The van der Waals surface area contributed by atoms with Crippen molar-refractivity contribution < 1.29 is 0 Å². The van der Waals surface area contributed by atoms with Crippen LogP contribution < -0.4 is 9.80 Å². The summed E-state index contributed by atoms with van der Waals surface area (Å²) in [6.45, 7) is 0. The van der Waals surface area contributed by atoms with E-state index in [4.69, 9.17) is 0 Å². The fourth-order valence-corrected chi connectivity index (χ4v) is 9.07. The van der Waals surface area contributed by atoms with Gasteiger partial charge in [0.2, 0.25) is 0 Å². The van der Waals surface area contributed by atoms with Crippen LogP contribution in [0.15, 0.2) is 279 Å². The molecule has 0 bridgehead atoms. The van der Waals surface area contributed by atoms with Crippen molar-refractivity contribution in [2.45, 2.75) is 0 Å². The maximum Gasteiger partial charge on any atom is 0.0540 e. The molecule has 0 saturated heterocycles. The predicted octanol–water partition coefficient (Wildman–Crippen LogP) is 18.2. The Bertz CT molecular complexity index is 3270. The summed E-state index contributed by atoms with van der Waals surface area (Å²) in [6, 6.07) is 106. The van der Waals surface area contributed by atoms with Crippen molar-refractivity contribution in [2.24, 2.45) is 0 Å². The lowest BCUT2D eigenvalue weighted by Crippen LogP contribution is -2.11. The maximum absolute atomic E-state index is 3.14. The Morgan fingerprint density at radius 3 is 0.868 bits per heavy atom. The zero-order valence-corrected chi connectivity index (χ0v) is 37.5. The number of hydrogen-bond acceptors (Lipinski definition) is 2. The summed E-state index contributed by atoms with van der Waals surface area (Å²) >= 11 is 0. The molecule has 0 saturated carbocycles. The number of hydrogen-bond donors (Lipinski definition) is 0. The fraction of sp³-hybridized carbons (Fsp3) is 0. The average Bonchev–Trinajstić information content (AvgIpc) is 3.43. The quantitative estimate of drug-likeness (QED) is 0.121. The van der Waals surface area contributed by atoms with Gasteiger partial charge in [0, 0.05) is 34.0 Å². The van der Waals surface area contributed by atoms with E-state index in [0.717, 1.165) is 67.5 Å².